The van der Waals surface area contributed by atoms with Gasteiger partial charge in [-0.25, -0.2) is 0 Å². The molecular formula is C17H18O3. The van der Waals surface area contributed by atoms with Gasteiger partial charge in [0.15, 0.2) is 11.5 Å². The smallest absolute Gasteiger partial charge is 0.205 e. The first kappa shape index (κ1) is 14.3. The van der Waals surface area contributed by atoms with Gasteiger partial charge in [-0.2, -0.15) is 0 Å². The highest BCUT2D eigenvalue weighted by Crippen LogP contribution is 2.13. The molecule has 0 amide bonds. The minimum atomic E-state index is -0.286. The Morgan fingerprint density at radius 1 is 1.05 bits per heavy atom. The van der Waals surface area contributed by atoms with Crippen molar-refractivity contribution >= 4 is 11.6 Å². The van der Waals surface area contributed by atoms with E-state index in [0.717, 1.165) is 6.42 Å². The van der Waals surface area contributed by atoms with Crippen molar-refractivity contribution in [2.75, 3.05) is 0 Å². The van der Waals surface area contributed by atoms with Crippen LogP contribution < -0.4 is 0 Å². The molecule has 3 nitrogen and oxygen atoms in total. The molecule has 2 rings (SSSR count). The van der Waals surface area contributed by atoms with E-state index in [-0.39, 0.29) is 23.7 Å². The van der Waals surface area contributed by atoms with Gasteiger partial charge in [-0.1, -0.05) is 38.1 Å². The molecule has 0 N–H and O–H groups in total. The van der Waals surface area contributed by atoms with E-state index in [9.17, 15) is 9.59 Å². The maximum atomic E-state index is 12.0. The zero-order chi connectivity index (χ0) is 14.5. The maximum Gasteiger partial charge on any atom is 0.205 e. The zero-order valence-corrected chi connectivity index (χ0v) is 11.8. The molecule has 0 aliphatic carbocycles. The molecule has 0 fully saturated rings. The first-order valence-electron chi connectivity index (χ1n) is 6.75. The van der Waals surface area contributed by atoms with Gasteiger partial charge < -0.3 is 4.42 Å². The molecule has 0 atom stereocenters. The summed E-state index contributed by atoms with van der Waals surface area (Å²) in [6.45, 7) is 4.31. The van der Waals surface area contributed by atoms with Gasteiger partial charge in [-0.3, -0.25) is 9.59 Å². The number of Topliss-reactive ketones (excluding diaryl/α,β-unsaturated/α-hetero) is 2. The third-order valence-corrected chi connectivity index (χ3v) is 3.04. The molecule has 1 aromatic carbocycles. The molecule has 20 heavy (non-hydrogen) atoms. The fourth-order valence-electron chi connectivity index (χ4n) is 2.07. The van der Waals surface area contributed by atoms with Gasteiger partial charge >= 0.3 is 0 Å². The number of rotatable bonds is 6. The Bertz CT molecular complexity index is 577. The van der Waals surface area contributed by atoms with Crippen LogP contribution in [0.2, 0.25) is 0 Å². The van der Waals surface area contributed by atoms with Gasteiger partial charge in [0.05, 0.1) is 12.7 Å². The summed E-state index contributed by atoms with van der Waals surface area (Å²) in [7, 11) is 0. The second-order valence-electron chi connectivity index (χ2n) is 5.30. The van der Waals surface area contributed by atoms with Gasteiger partial charge in [0.1, 0.15) is 0 Å². The second-order valence-corrected chi connectivity index (χ2v) is 5.30. The monoisotopic (exact) mass is 270 g/mol. The first-order chi connectivity index (χ1) is 9.56. The van der Waals surface area contributed by atoms with Crippen LogP contribution in [0, 0.1) is 5.92 Å². The van der Waals surface area contributed by atoms with Crippen LogP contribution in [-0.2, 0) is 6.42 Å². The number of carbonyl (C=O) groups excluding carboxylic acids is 2. The third kappa shape index (κ3) is 3.67. The van der Waals surface area contributed by atoms with Crippen LogP contribution in [0.4, 0.5) is 0 Å². The normalized spacial score (nSPS) is 10.8. The molecule has 0 aliphatic heterocycles. The third-order valence-electron chi connectivity index (χ3n) is 3.04. The maximum absolute atomic E-state index is 12.0. The number of carbonyl (C=O) groups is 2. The van der Waals surface area contributed by atoms with Crippen molar-refractivity contribution in [1.29, 1.82) is 0 Å². The summed E-state index contributed by atoms with van der Waals surface area (Å²) in [5.41, 5.74) is 1.77. The minimum absolute atomic E-state index is 0.156. The average Bonchev–Trinajstić information content (AvgIpc) is 2.92. The van der Waals surface area contributed by atoms with Crippen LogP contribution in [0.5, 0.6) is 0 Å². The SMILES string of the molecule is CC(C)Cc1ccc(C(=O)CC(=O)c2ccco2)cc1. The standard InChI is InChI=1S/C17H18O3/c1-12(2)10-13-5-7-14(8-6-13)15(18)11-16(19)17-4-3-9-20-17/h3-9,12H,10-11H2,1-2H3. The Morgan fingerprint density at radius 2 is 1.75 bits per heavy atom. The van der Waals surface area contributed by atoms with Gasteiger partial charge in [-0.05, 0) is 30.0 Å². The molecule has 0 aliphatic rings. The number of hydrogen-bond donors (Lipinski definition) is 0. The highest BCUT2D eigenvalue weighted by molar-refractivity contribution is 6.12. The topological polar surface area (TPSA) is 47.3 Å². The summed E-state index contributed by atoms with van der Waals surface area (Å²) in [4.78, 5) is 23.8. The van der Waals surface area contributed by atoms with Gasteiger partial charge in [0.25, 0.3) is 0 Å². The van der Waals surface area contributed by atoms with E-state index in [1.807, 2.05) is 12.1 Å². The lowest BCUT2D eigenvalue weighted by atomic mass is 9.99. The van der Waals surface area contributed by atoms with E-state index in [2.05, 4.69) is 13.8 Å². The molecular weight excluding hydrogens is 252 g/mol. The van der Waals surface area contributed by atoms with Crippen LogP contribution in [0.1, 0.15) is 46.7 Å². The molecule has 0 saturated carbocycles. The van der Waals surface area contributed by atoms with Crippen LogP contribution in [0.3, 0.4) is 0 Å². The average molecular weight is 270 g/mol. The van der Waals surface area contributed by atoms with E-state index >= 15 is 0 Å². The quantitative estimate of drug-likeness (QED) is 0.590. The lowest BCUT2D eigenvalue weighted by Crippen LogP contribution is -2.08. The van der Waals surface area contributed by atoms with Crippen LogP contribution in [-0.4, -0.2) is 11.6 Å². The lowest BCUT2D eigenvalue weighted by molar-refractivity contribution is 0.0878. The molecule has 0 spiro atoms. The van der Waals surface area contributed by atoms with Crippen molar-refractivity contribution in [3.63, 3.8) is 0 Å². The van der Waals surface area contributed by atoms with Crippen molar-refractivity contribution in [2.45, 2.75) is 26.7 Å². The Hall–Kier alpha value is -2.16. The second kappa shape index (κ2) is 6.33. The highest BCUT2D eigenvalue weighted by atomic mass is 16.3. The molecule has 0 unspecified atom stereocenters. The minimum Gasteiger partial charge on any atom is -0.461 e. The van der Waals surface area contributed by atoms with Crippen molar-refractivity contribution in [3.05, 3.63) is 59.5 Å². The Labute approximate surface area is 118 Å². The summed E-state index contributed by atoms with van der Waals surface area (Å²) in [5.74, 6) is 0.348. The summed E-state index contributed by atoms with van der Waals surface area (Å²) in [6, 6.07) is 10.7. The predicted molar refractivity (Wildman–Crippen MR) is 77.0 cm³/mol. The fourth-order valence-corrected chi connectivity index (χ4v) is 2.07. The molecule has 1 heterocycles. The molecule has 1 aromatic heterocycles. The number of hydrogen-bond acceptors (Lipinski definition) is 3. The van der Waals surface area contributed by atoms with Crippen molar-refractivity contribution in [3.8, 4) is 0 Å². The van der Waals surface area contributed by atoms with E-state index < -0.39 is 0 Å². The summed E-state index contributed by atoms with van der Waals surface area (Å²) in [6.07, 6.45) is 2.26. The van der Waals surface area contributed by atoms with Gasteiger partial charge in [0.2, 0.25) is 5.78 Å². The van der Waals surface area contributed by atoms with E-state index in [1.54, 1.807) is 24.3 Å². The van der Waals surface area contributed by atoms with Gasteiger partial charge in [0, 0.05) is 5.56 Å². The van der Waals surface area contributed by atoms with Crippen molar-refractivity contribution in [1.82, 2.24) is 0 Å². The van der Waals surface area contributed by atoms with E-state index in [4.69, 9.17) is 4.42 Å². The van der Waals surface area contributed by atoms with E-state index in [1.165, 1.54) is 11.8 Å². The molecule has 0 saturated heterocycles. The van der Waals surface area contributed by atoms with Crippen LogP contribution >= 0.6 is 0 Å². The number of benzene rings is 1. The largest absolute Gasteiger partial charge is 0.461 e. The molecule has 0 bridgehead atoms. The molecule has 104 valence electrons. The molecule has 0 radical (unpaired) electrons. The van der Waals surface area contributed by atoms with Crippen molar-refractivity contribution in [2.24, 2.45) is 5.92 Å². The first-order valence-corrected chi connectivity index (χ1v) is 6.75. The van der Waals surface area contributed by atoms with Gasteiger partial charge in [-0.15, -0.1) is 0 Å². The number of furan rings is 1. The highest BCUT2D eigenvalue weighted by Gasteiger charge is 2.15. The van der Waals surface area contributed by atoms with Crippen LogP contribution in [0.15, 0.2) is 47.1 Å². The number of ketones is 2. The zero-order valence-electron chi connectivity index (χ0n) is 11.8. The van der Waals surface area contributed by atoms with Crippen molar-refractivity contribution < 1.29 is 14.0 Å². The molecule has 3 heteroatoms. The Morgan fingerprint density at radius 3 is 2.30 bits per heavy atom. The summed E-state index contributed by atoms with van der Waals surface area (Å²) < 4.78 is 4.99. The Kier molecular flexibility index (Phi) is 4.51. The summed E-state index contributed by atoms with van der Waals surface area (Å²) >= 11 is 0. The lowest BCUT2D eigenvalue weighted by Gasteiger charge is -2.05. The fraction of sp³-hybridized carbons (Fsp3) is 0.294. The summed E-state index contributed by atoms with van der Waals surface area (Å²) in [5, 5.41) is 0. The Balaban J connectivity index is 2.00. The molecule has 2 aromatic rings. The van der Waals surface area contributed by atoms with E-state index in [0.29, 0.717) is 11.5 Å². The van der Waals surface area contributed by atoms with Crippen LogP contribution in [0.25, 0.3) is 0 Å². The predicted octanol–water partition coefficient (Wildman–Crippen LogP) is 3.93.